The Hall–Kier alpha value is -1.40. The summed E-state index contributed by atoms with van der Waals surface area (Å²) in [6.45, 7) is 0. The van der Waals surface area contributed by atoms with Crippen LogP contribution in [0.5, 0.6) is 0 Å². The maximum Gasteiger partial charge on any atom is 0.279 e. The monoisotopic (exact) mass is 256 g/mol. The first-order chi connectivity index (χ1) is 7.51. The second kappa shape index (κ2) is 3.88. The summed E-state index contributed by atoms with van der Waals surface area (Å²) in [5, 5.41) is 1.56. The molecule has 0 bridgehead atoms. The molecule has 2 rings (SSSR count). The minimum atomic E-state index is -4.21. The molecule has 4 nitrogen and oxygen atoms in total. The topological polar surface area (TPSA) is 68.3 Å². The van der Waals surface area contributed by atoms with Gasteiger partial charge in [-0.2, -0.15) is 0 Å². The first-order valence-electron chi connectivity index (χ1n) is 4.40. The number of fused-ring (bicyclic) bond motifs is 1. The van der Waals surface area contributed by atoms with Crippen molar-refractivity contribution in [2.75, 3.05) is 0 Å². The molecule has 2 aromatic carbocycles. The minimum absolute atomic E-state index is 0.192. The molecule has 16 heavy (non-hydrogen) atoms. The van der Waals surface area contributed by atoms with Gasteiger partial charge in [0, 0.05) is 0 Å². The van der Waals surface area contributed by atoms with Crippen molar-refractivity contribution in [3.63, 3.8) is 0 Å². The van der Waals surface area contributed by atoms with Crippen molar-refractivity contribution in [3.8, 4) is 0 Å². The molecular weight excluding hydrogens is 248 g/mol. The Morgan fingerprint density at radius 1 is 0.875 bits per heavy atom. The van der Waals surface area contributed by atoms with Crippen LogP contribution in [0.1, 0.15) is 0 Å². The lowest BCUT2D eigenvalue weighted by Gasteiger charge is -2.00. The molecular formula is C10H8O4S2. The SMILES string of the molecule is O=[SH](=O)S(=O)(=O)c1ccc2ccccc2c1. The van der Waals surface area contributed by atoms with E-state index in [1.165, 1.54) is 12.1 Å². The van der Waals surface area contributed by atoms with Crippen LogP contribution in [0.15, 0.2) is 47.4 Å². The molecule has 2 aromatic rings. The summed E-state index contributed by atoms with van der Waals surface area (Å²) < 4.78 is 44.0. The average Bonchev–Trinajstić information content (AvgIpc) is 2.28. The summed E-state index contributed by atoms with van der Waals surface area (Å²) in [7, 11) is -7.72. The molecule has 84 valence electrons. The summed E-state index contributed by atoms with van der Waals surface area (Å²) in [5.41, 5.74) is 0. The lowest BCUT2D eigenvalue weighted by atomic mass is 10.1. The highest BCUT2D eigenvalue weighted by atomic mass is 33.1. The molecule has 0 amide bonds. The summed E-state index contributed by atoms with van der Waals surface area (Å²) in [6.07, 6.45) is 0. The van der Waals surface area contributed by atoms with Gasteiger partial charge in [0.25, 0.3) is 8.87 Å². The number of rotatable bonds is 2. The molecule has 0 aliphatic carbocycles. The van der Waals surface area contributed by atoms with Crippen LogP contribution in [0.25, 0.3) is 10.8 Å². The number of thiol groups is 1. The van der Waals surface area contributed by atoms with Crippen molar-refractivity contribution in [3.05, 3.63) is 42.5 Å². The summed E-state index contributed by atoms with van der Waals surface area (Å²) in [4.78, 5) is -0.192. The van der Waals surface area contributed by atoms with Crippen molar-refractivity contribution in [2.45, 2.75) is 4.90 Å². The van der Waals surface area contributed by atoms with Gasteiger partial charge in [-0.25, -0.2) is 16.8 Å². The fourth-order valence-electron chi connectivity index (χ4n) is 1.41. The van der Waals surface area contributed by atoms with Crippen molar-refractivity contribution in [1.82, 2.24) is 0 Å². The quantitative estimate of drug-likeness (QED) is 0.646. The van der Waals surface area contributed by atoms with Gasteiger partial charge in [-0.1, -0.05) is 30.3 Å². The number of benzene rings is 2. The summed E-state index contributed by atoms with van der Waals surface area (Å²) in [6, 6.07) is 11.4. The summed E-state index contributed by atoms with van der Waals surface area (Å²) >= 11 is 0. The molecule has 0 saturated carbocycles. The van der Waals surface area contributed by atoms with E-state index in [9.17, 15) is 16.8 Å². The van der Waals surface area contributed by atoms with Crippen LogP contribution >= 0.6 is 0 Å². The largest absolute Gasteiger partial charge is 0.279 e. The molecule has 0 atom stereocenters. The zero-order chi connectivity index (χ0) is 11.8. The highest BCUT2D eigenvalue weighted by Gasteiger charge is 2.17. The van der Waals surface area contributed by atoms with Crippen LogP contribution in [-0.4, -0.2) is 16.8 Å². The molecule has 0 spiro atoms. The normalized spacial score (nSPS) is 12.1. The van der Waals surface area contributed by atoms with E-state index in [-0.39, 0.29) is 4.90 Å². The molecule has 0 unspecified atom stereocenters. The van der Waals surface area contributed by atoms with E-state index in [2.05, 4.69) is 0 Å². The van der Waals surface area contributed by atoms with E-state index in [1.54, 1.807) is 18.2 Å². The zero-order valence-electron chi connectivity index (χ0n) is 8.03. The summed E-state index contributed by atoms with van der Waals surface area (Å²) in [5.74, 6) is 0. The van der Waals surface area contributed by atoms with Gasteiger partial charge in [0.1, 0.15) is 0 Å². The van der Waals surface area contributed by atoms with Gasteiger partial charge in [0.15, 0.2) is 0 Å². The Kier molecular flexibility index (Phi) is 2.69. The maximum atomic E-state index is 11.4. The van der Waals surface area contributed by atoms with Crippen LogP contribution in [0, 0.1) is 0 Å². The molecule has 0 fully saturated rings. The van der Waals surface area contributed by atoms with E-state index < -0.39 is 18.6 Å². The smallest absolute Gasteiger partial charge is 0.215 e. The number of hydrogen-bond donors (Lipinski definition) is 1. The van der Waals surface area contributed by atoms with Gasteiger partial charge in [-0.15, -0.1) is 0 Å². The molecule has 0 saturated heterocycles. The third-order valence-electron chi connectivity index (χ3n) is 2.22. The van der Waals surface area contributed by atoms with Crippen LogP contribution in [0.3, 0.4) is 0 Å². The fourth-order valence-corrected chi connectivity index (χ4v) is 2.96. The van der Waals surface area contributed by atoms with Crippen LogP contribution in [0.2, 0.25) is 0 Å². The van der Waals surface area contributed by atoms with E-state index in [0.29, 0.717) is 5.39 Å². The fraction of sp³-hybridized carbons (Fsp3) is 0. The van der Waals surface area contributed by atoms with Gasteiger partial charge in [0.2, 0.25) is 9.74 Å². The Morgan fingerprint density at radius 2 is 1.50 bits per heavy atom. The zero-order valence-corrected chi connectivity index (χ0v) is 9.74. The molecule has 0 N–H and O–H groups in total. The third-order valence-corrected chi connectivity index (χ3v) is 5.27. The molecule has 0 aliphatic heterocycles. The standard InChI is InChI=1S/C10H8O4S2/c11-15(12)16(13,14)10-6-5-8-3-1-2-4-9(8)7-10/h1-7,15H. The molecule has 0 aromatic heterocycles. The second-order valence-electron chi connectivity index (χ2n) is 3.21. The highest BCUT2D eigenvalue weighted by molar-refractivity contribution is 8.59. The lowest BCUT2D eigenvalue weighted by molar-refractivity contribution is 0.592. The predicted octanol–water partition coefficient (Wildman–Crippen LogP) is 1.14. The van der Waals surface area contributed by atoms with E-state index in [4.69, 9.17) is 0 Å². The van der Waals surface area contributed by atoms with E-state index in [1.807, 2.05) is 12.1 Å². The van der Waals surface area contributed by atoms with Gasteiger partial charge in [-0.05, 0) is 22.9 Å². The van der Waals surface area contributed by atoms with Gasteiger partial charge in [-0.3, -0.25) is 0 Å². The van der Waals surface area contributed by atoms with Gasteiger partial charge in [0.05, 0.1) is 4.90 Å². The van der Waals surface area contributed by atoms with Crippen molar-refractivity contribution in [2.24, 2.45) is 0 Å². The Labute approximate surface area is 93.8 Å². The maximum absolute atomic E-state index is 11.4. The average molecular weight is 256 g/mol. The predicted molar refractivity (Wildman–Crippen MR) is 61.4 cm³/mol. The third kappa shape index (κ3) is 1.81. The van der Waals surface area contributed by atoms with E-state index >= 15 is 0 Å². The Balaban J connectivity index is 2.74. The van der Waals surface area contributed by atoms with E-state index in [0.717, 1.165) is 5.39 Å². The van der Waals surface area contributed by atoms with Crippen molar-refractivity contribution < 1.29 is 16.8 Å². The lowest BCUT2D eigenvalue weighted by Crippen LogP contribution is -2.01. The molecule has 0 radical (unpaired) electrons. The second-order valence-corrected chi connectivity index (χ2v) is 7.41. The first kappa shape index (κ1) is 11.1. The van der Waals surface area contributed by atoms with Crippen LogP contribution in [-0.2, 0) is 18.6 Å². The molecule has 0 aliphatic rings. The minimum Gasteiger partial charge on any atom is -0.215 e. The first-order valence-corrected chi connectivity index (χ1v) is 7.67. The Bertz CT molecular complexity index is 706. The Morgan fingerprint density at radius 3 is 2.12 bits per heavy atom. The van der Waals surface area contributed by atoms with Crippen molar-refractivity contribution >= 4 is 29.4 Å². The highest BCUT2D eigenvalue weighted by Crippen LogP contribution is 2.19. The molecule has 6 heteroatoms. The number of hydrogen-bond acceptors (Lipinski definition) is 4. The van der Waals surface area contributed by atoms with Crippen molar-refractivity contribution in [1.29, 1.82) is 0 Å². The van der Waals surface area contributed by atoms with Crippen LogP contribution < -0.4 is 0 Å². The van der Waals surface area contributed by atoms with Gasteiger partial charge < -0.3 is 0 Å². The molecule has 0 heterocycles. The van der Waals surface area contributed by atoms with Gasteiger partial charge >= 0.3 is 0 Å². The van der Waals surface area contributed by atoms with Crippen LogP contribution in [0.4, 0.5) is 0 Å².